The molecule has 0 radical (unpaired) electrons. The summed E-state index contributed by atoms with van der Waals surface area (Å²) in [6.45, 7) is 2.19. The van der Waals surface area contributed by atoms with Crippen molar-refractivity contribution in [2.45, 2.75) is 50.8 Å². The number of carbonyl (C=O) groups excluding carboxylic acids is 1. The number of amides is 2. The molecule has 0 bridgehead atoms. The highest BCUT2D eigenvalue weighted by molar-refractivity contribution is 5.83. The van der Waals surface area contributed by atoms with E-state index in [0.29, 0.717) is 5.92 Å². The van der Waals surface area contributed by atoms with Crippen molar-refractivity contribution in [2.75, 3.05) is 6.54 Å². The van der Waals surface area contributed by atoms with Gasteiger partial charge in [0, 0.05) is 19.0 Å². The number of urea groups is 1. The number of likely N-dealkylation sites (tertiary alicyclic amines) is 1. The van der Waals surface area contributed by atoms with E-state index in [4.69, 9.17) is 5.11 Å². The summed E-state index contributed by atoms with van der Waals surface area (Å²) in [5.74, 6) is -0.620. The van der Waals surface area contributed by atoms with Crippen molar-refractivity contribution in [1.29, 1.82) is 0 Å². The van der Waals surface area contributed by atoms with E-state index in [-0.39, 0.29) is 25.0 Å². The highest BCUT2D eigenvalue weighted by Crippen LogP contribution is 2.26. The van der Waals surface area contributed by atoms with Gasteiger partial charge in [-0.1, -0.05) is 13.3 Å². The predicted octanol–water partition coefficient (Wildman–Crippen LogP) is 0.404. The number of hydrogen-bond donors (Lipinski definition) is 3. The van der Waals surface area contributed by atoms with Crippen LogP contribution in [0, 0.1) is 5.92 Å². The van der Waals surface area contributed by atoms with Crippen molar-refractivity contribution < 1.29 is 19.8 Å². The number of aliphatic hydroxyl groups is 1. The number of aliphatic hydroxyl groups excluding tert-OH is 1. The summed E-state index contributed by atoms with van der Waals surface area (Å²) in [6, 6.07) is -1.14. The summed E-state index contributed by atoms with van der Waals surface area (Å²) < 4.78 is 0. The van der Waals surface area contributed by atoms with Crippen LogP contribution in [0.1, 0.15) is 32.6 Å². The van der Waals surface area contributed by atoms with E-state index in [9.17, 15) is 14.7 Å². The van der Waals surface area contributed by atoms with Crippen LogP contribution in [-0.4, -0.2) is 51.8 Å². The molecule has 1 aliphatic heterocycles. The number of rotatable bonds is 2. The van der Waals surface area contributed by atoms with Crippen LogP contribution < -0.4 is 5.32 Å². The fourth-order valence-corrected chi connectivity index (χ4v) is 2.87. The lowest BCUT2D eigenvalue weighted by atomic mass is 10.1. The number of carboxylic acids is 1. The Hall–Kier alpha value is -1.30. The molecule has 6 nitrogen and oxygen atoms in total. The van der Waals surface area contributed by atoms with Crippen LogP contribution in [0.3, 0.4) is 0 Å². The van der Waals surface area contributed by atoms with Gasteiger partial charge in [0.15, 0.2) is 0 Å². The maximum absolute atomic E-state index is 12.0. The third-order valence-corrected chi connectivity index (χ3v) is 4.00. The largest absolute Gasteiger partial charge is 0.480 e. The van der Waals surface area contributed by atoms with Crippen LogP contribution in [0.15, 0.2) is 0 Å². The first-order valence-electron chi connectivity index (χ1n) is 6.47. The van der Waals surface area contributed by atoms with E-state index in [1.54, 1.807) is 0 Å². The van der Waals surface area contributed by atoms with Crippen molar-refractivity contribution >= 4 is 12.0 Å². The number of nitrogens with one attached hydrogen (secondary N) is 1. The van der Waals surface area contributed by atoms with Gasteiger partial charge in [0.2, 0.25) is 0 Å². The second-order valence-electron chi connectivity index (χ2n) is 5.36. The zero-order valence-corrected chi connectivity index (χ0v) is 10.5. The summed E-state index contributed by atoms with van der Waals surface area (Å²) in [4.78, 5) is 24.3. The van der Waals surface area contributed by atoms with Gasteiger partial charge in [0.05, 0.1) is 6.10 Å². The zero-order valence-electron chi connectivity index (χ0n) is 10.5. The molecule has 0 aromatic rings. The van der Waals surface area contributed by atoms with Crippen LogP contribution in [0.4, 0.5) is 4.79 Å². The maximum Gasteiger partial charge on any atom is 0.326 e. The average Bonchev–Trinajstić information content (AvgIpc) is 2.86. The third-order valence-electron chi connectivity index (χ3n) is 4.00. The van der Waals surface area contributed by atoms with Gasteiger partial charge in [-0.2, -0.15) is 0 Å². The number of β-amino-alcohol motifs (C(OH)–C–C–N with tert-alkyl or cyclic N) is 1. The van der Waals surface area contributed by atoms with Gasteiger partial charge in [-0.05, 0) is 18.8 Å². The summed E-state index contributed by atoms with van der Waals surface area (Å²) in [5.41, 5.74) is 0. The number of carboxylic acid groups (broad SMARTS) is 1. The molecule has 6 heteroatoms. The second kappa shape index (κ2) is 5.14. The molecule has 1 saturated carbocycles. The topological polar surface area (TPSA) is 89.9 Å². The van der Waals surface area contributed by atoms with Gasteiger partial charge in [-0.25, -0.2) is 9.59 Å². The lowest BCUT2D eigenvalue weighted by molar-refractivity contribution is -0.141. The number of carbonyl (C=O) groups is 2. The number of nitrogens with zero attached hydrogens (tertiary/aromatic N) is 1. The van der Waals surface area contributed by atoms with E-state index in [1.165, 1.54) is 4.90 Å². The molecule has 1 aliphatic carbocycles. The lowest BCUT2D eigenvalue weighted by Gasteiger charge is -2.25. The van der Waals surface area contributed by atoms with Crippen LogP contribution >= 0.6 is 0 Å². The molecule has 2 amide bonds. The Kier molecular flexibility index (Phi) is 3.75. The summed E-state index contributed by atoms with van der Waals surface area (Å²) >= 11 is 0. The molecule has 3 N–H and O–H groups in total. The molecule has 2 unspecified atom stereocenters. The fraction of sp³-hybridized carbons (Fsp3) is 0.833. The molecule has 1 heterocycles. The van der Waals surface area contributed by atoms with Crippen molar-refractivity contribution in [2.24, 2.45) is 5.92 Å². The van der Waals surface area contributed by atoms with Crippen molar-refractivity contribution in [1.82, 2.24) is 10.2 Å². The van der Waals surface area contributed by atoms with Gasteiger partial charge in [0.1, 0.15) is 6.04 Å². The smallest absolute Gasteiger partial charge is 0.326 e. The molecule has 2 aliphatic rings. The minimum atomic E-state index is -1.05. The molecule has 2 rings (SSSR count). The first-order chi connectivity index (χ1) is 8.49. The lowest BCUT2D eigenvalue weighted by Crippen LogP contribution is -2.49. The minimum Gasteiger partial charge on any atom is -0.480 e. The Balaban J connectivity index is 1.97. The monoisotopic (exact) mass is 256 g/mol. The Bertz CT molecular complexity index is 347. The third kappa shape index (κ3) is 2.58. The molecule has 0 spiro atoms. The SMILES string of the molecule is CC1CCCC1NC(=O)N1C[C@@H](O)C[C@H]1C(=O)O. The van der Waals surface area contributed by atoms with E-state index in [1.807, 2.05) is 0 Å². The van der Waals surface area contributed by atoms with Gasteiger partial charge < -0.3 is 20.4 Å². The van der Waals surface area contributed by atoms with E-state index in [2.05, 4.69) is 12.2 Å². The molecule has 2 fully saturated rings. The molecular formula is C12H20N2O4. The normalized spacial score (nSPS) is 35.8. The minimum absolute atomic E-state index is 0.101. The van der Waals surface area contributed by atoms with Crippen LogP contribution in [0.5, 0.6) is 0 Å². The van der Waals surface area contributed by atoms with E-state index in [0.717, 1.165) is 19.3 Å². The van der Waals surface area contributed by atoms with Gasteiger partial charge >= 0.3 is 12.0 Å². The highest BCUT2D eigenvalue weighted by Gasteiger charge is 2.40. The molecule has 0 aromatic carbocycles. The summed E-state index contributed by atoms with van der Waals surface area (Å²) in [7, 11) is 0. The fourth-order valence-electron chi connectivity index (χ4n) is 2.87. The van der Waals surface area contributed by atoms with E-state index < -0.39 is 18.1 Å². The molecule has 0 aromatic heterocycles. The van der Waals surface area contributed by atoms with Gasteiger partial charge in [0.25, 0.3) is 0 Å². The predicted molar refractivity (Wildman–Crippen MR) is 64.1 cm³/mol. The Morgan fingerprint density at radius 1 is 1.33 bits per heavy atom. The summed E-state index contributed by atoms with van der Waals surface area (Å²) in [6.07, 6.45) is 2.51. The molecule has 18 heavy (non-hydrogen) atoms. The van der Waals surface area contributed by atoms with Crippen molar-refractivity contribution in [3.8, 4) is 0 Å². The molecule has 1 saturated heterocycles. The number of aliphatic carboxylic acids is 1. The second-order valence-corrected chi connectivity index (χ2v) is 5.36. The molecule has 4 atom stereocenters. The average molecular weight is 256 g/mol. The molecule has 102 valence electrons. The maximum atomic E-state index is 12.0. The first kappa shape index (κ1) is 13.1. The first-order valence-corrected chi connectivity index (χ1v) is 6.47. The molecular weight excluding hydrogens is 236 g/mol. The van der Waals surface area contributed by atoms with E-state index >= 15 is 0 Å². The summed E-state index contributed by atoms with van der Waals surface area (Å²) in [5, 5.41) is 21.4. The Morgan fingerprint density at radius 2 is 2.06 bits per heavy atom. The van der Waals surface area contributed by atoms with Crippen molar-refractivity contribution in [3.05, 3.63) is 0 Å². The quantitative estimate of drug-likeness (QED) is 0.667. The van der Waals surface area contributed by atoms with Gasteiger partial charge in [-0.3, -0.25) is 0 Å². The van der Waals surface area contributed by atoms with Crippen LogP contribution in [0.25, 0.3) is 0 Å². The Labute approximate surface area is 106 Å². The van der Waals surface area contributed by atoms with Crippen molar-refractivity contribution in [3.63, 3.8) is 0 Å². The van der Waals surface area contributed by atoms with Crippen LogP contribution in [-0.2, 0) is 4.79 Å². The Morgan fingerprint density at radius 3 is 2.61 bits per heavy atom. The number of hydrogen-bond acceptors (Lipinski definition) is 3. The van der Waals surface area contributed by atoms with Crippen LogP contribution in [0.2, 0.25) is 0 Å². The highest BCUT2D eigenvalue weighted by atomic mass is 16.4. The standard InChI is InChI=1S/C12H20N2O4/c1-7-3-2-4-9(7)13-12(18)14-6-8(15)5-10(14)11(16)17/h7-10,15H,2-6H2,1H3,(H,13,18)(H,16,17)/t7?,8-,9?,10-/m0/s1. The van der Waals surface area contributed by atoms with Gasteiger partial charge in [-0.15, -0.1) is 0 Å². The zero-order chi connectivity index (χ0) is 13.3.